The van der Waals surface area contributed by atoms with Gasteiger partial charge >= 0.3 is 6.09 Å². The van der Waals surface area contributed by atoms with Crippen molar-refractivity contribution in [2.24, 2.45) is 7.05 Å². The molecule has 11 heteroatoms. The van der Waals surface area contributed by atoms with Gasteiger partial charge in [0.15, 0.2) is 0 Å². The minimum atomic E-state index is -0.665. The molecule has 2 amide bonds. The van der Waals surface area contributed by atoms with Gasteiger partial charge < -0.3 is 14.6 Å². The second-order valence-electron chi connectivity index (χ2n) is 8.17. The van der Waals surface area contributed by atoms with Gasteiger partial charge in [-0.3, -0.25) is 9.10 Å². The number of nitrogens with one attached hydrogen (secondary N) is 1. The maximum Gasteiger partial charge on any atom is 0.421 e. The molecule has 2 aromatic rings. The number of hydrogen-bond donors (Lipinski definition) is 1. The van der Waals surface area contributed by atoms with Gasteiger partial charge in [-0.25, -0.2) is 13.5 Å². The molecule has 0 atom stereocenters. The lowest BCUT2D eigenvalue weighted by atomic mass is 10.2. The van der Waals surface area contributed by atoms with Crippen LogP contribution in [-0.4, -0.2) is 39.6 Å². The first-order chi connectivity index (χ1) is 15.0. The molecule has 2 heterocycles. The van der Waals surface area contributed by atoms with Crippen molar-refractivity contribution in [2.75, 3.05) is 22.7 Å². The van der Waals surface area contributed by atoms with Gasteiger partial charge in [0.2, 0.25) is 0 Å². The van der Waals surface area contributed by atoms with Crippen molar-refractivity contribution >= 4 is 47.1 Å². The number of ether oxygens (including phenoxy) is 1. The number of carbonyl (C=O) groups is 2. The topological polar surface area (TPSA) is 90.6 Å². The third-order valence-corrected chi connectivity index (χ3v) is 5.92. The number of carbonyl (C=O) groups excluding carboxylic acids is 2. The number of halogens is 2. The number of hydrogen-bond acceptors (Lipinski definition) is 6. The van der Waals surface area contributed by atoms with E-state index in [9.17, 15) is 14.0 Å². The lowest BCUT2D eigenvalue weighted by molar-refractivity contribution is 0.0400. The molecule has 1 aliphatic heterocycles. The van der Waals surface area contributed by atoms with Gasteiger partial charge in [-0.1, -0.05) is 11.6 Å². The van der Waals surface area contributed by atoms with Crippen molar-refractivity contribution in [1.29, 1.82) is 5.26 Å². The summed E-state index contributed by atoms with van der Waals surface area (Å²) >= 11 is 7.73. The van der Waals surface area contributed by atoms with Crippen LogP contribution in [0.15, 0.2) is 24.4 Å². The molecule has 1 aromatic carbocycles. The van der Waals surface area contributed by atoms with E-state index >= 15 is 0 Å². The molecule has 0 unspecified atom stereocenters. The summed E-state index contributed by atoms with van der Waals surface area (Å²) in [6.07, 6.45) is 1.96. The summed E-state index contributed by atoms with van der Waals surface area (Å²) < 4.78 is 23.9. The van der Waals surface area contributed by atoms with Crippen LogP contribution >= 0.6 is 23.7 Å². The van der Waals surface area contributed by atoms with E-state index in [1.807, 2.05) is 4.31 Å². The molecular formula is C21H23ClFN5O3S. The normalized spacial score (nSPS) is 14.2. The zero-order valence-electron chi connectivity index (χ0n) is 18.1. The first kappa shape index (κ1) is 23.8. The quantitative estimate of drug-likeness (QED) is 0.626. The van der Waals surface area contributed by atoms with Gasteiger partial charge in [0.1, 0.15) is 23.2 Å². The molecule has 1 aliphatic rings. The maximum atomic E-state index is 13.5. The zero-order chi connectivity index (χ0) is 23.6. The van der Waals surface area contributed by atoms with Crippen molar-refractivity contribution in [3.05, 3.63) is 46.5 Å². The Labute approximate surface area is 195 Å². The zero-order valence-corrected chi connectivity index (χ0v) is 19.7. The second-order valence-corrected chi connectivity index (χ2v) is 9.59. The number of aryl methyl sites for hydroxylation is 1. The van der Waals surface area contributed by atoms with E-state index in [4.69, 9.17) is 21.6 Å². The highest BCUT2D eigenvalue weighted by atomic mass is 35.5. The molecule has 8 nitrogen and oxygen atoms in total. The number of rotatable bonds is 3. The molecule has 1 saturated heterocycles. The summed E-state index contributed by atoms with van der Waals surface area (Å²) in [5, 5.41) is 11.8. The van der Waals surface area contributed by atoms with E-state index < -0.39 is 23.4 Å². The molecule has 170 valence electrons. The Morgan fingerprint density at radius 3 is 2.69 bits per heavy atom. The Hall–Kier alpha value is -2.90. The molecule has 1 N–H and O–H groups in total. The monoisotopic (exact) mass is 479 g/mol. The highest BCUT2D eigenvalue weighted by Gasteiger charge is 2.31. The molecule has 0 saturated carbocycles. The summed E-state index contributed by atoms with van der Waals surface area (Å²) in [5.74, 6) is -1.17. The second kappa shape index (κ2) is 9.30. The highest BCUT2D eigenvalue weighted by Crippen LogP contribution is 2.38. The molecule has 1 aromatic heterocycles. The number of nitrogens with zero attached hydrogens (tertiary/aromatic N) is 4. The van der Waals surface area contributed by atoms with Gasteiger partial charge in [0.25, 0.3) is 5.91 Å². The number of anilines is 2. The van der Waals surface area contributed by atoms with Gasteiger partial charge in [-0.05, 0) is 45.4 Å². The number of aromatic nitrogens is 1. The lowest BCUT2D eigenvalue weighted by Crippen LogP contribution is -2.40. The molecular weight excluding hydrogens is 457 g/mol. The van der Waals surface area contributed by atoms with E-state index in [1.165, 1.54) is 28.6 Å². The van der Waals surface area contributed by atoms with Crippen LogP contribution in [0.1, 0.15) is 43.2 Å². The van der Waals surface area contributed by atoms with Crippen LogP contribution in [0, 0.1) is 17.1 Å². The van der Waals surface area contributed by atoms with Crippen LogP contribution in [-0.2, 0) is 11.8 Å². The Morgan fingerprint density at radius 2 is 2.03 bits per heavy atom. The fraction of sp³-hybridized carbons (Fsp3) is 0.381. The maximum absolute atomic E-state index is 13.5. The average molecular weight is 480 g/mol. The minimum Gasteiger partial charge on any atom is -0.443 e. The fourth-order valence-corrected chi connectivity index (χ4v) is 4.46. The number of nitriles is 1. The first-order valence-corrected chi connectivity index (χ1v) is 10.9. The summed E-state index contributed by atoms with van der Waals surface area (Å²) in [6, 6.07) is 5.47. The third kappa shape index (κ3) is 5.29. The lowest BCUT2D eigenvalue weighted by Gasteiger charge is -2.35. The van der Waals surface area contributed by atoms with Gasteiger partial charge in [-0.2, -0.15) is 5.26 Å². The van der Waals surface area contributed by atoms with Crippen molar-refractivity contribution in [1.82, 2.24) is 8.87 Å². The average Bonchev–Trinajstić information content (AvgIpc) is 3.02. The Morgan fingerprint density at radius 1 is 1.31 bits per heavy atom. The van der Waals surface area contributed by atoms with Gasteiger partial charge in [-0.15, -0.1) is 0 Å². The molecule has 32 heavy (non-hydrogen) atoms. The van der Waals surface area contributed by atoms with Crippen molar-refractivity contribution in [3.63, 3.8) is 0 Å². The number of benzene rings is 1. The Kier molecular flexibility index (Phi) is 6.91. The molecule has 0 spiro atoms. The van der Waals surface area contributed by atoms with Gasteiger partial charge in [0, 0.05) is 32.0 Å². The van der Waals surface area contributed by atoms with Crippen LogP contribution in [0.4, 0.5) is 20.6 Å². The smallest absolute Gasteiger partial charge is 0.421 e. The van der Waals surface area contributed by atoms with Crippen molar-refractivity contribution < 1.29 is 18.7 Å². The van der Waals surface area contributed by atoms with Crippen LogP contribution in [0.2, 0.25) is 5.02 Å². The summed E-state index contributed by atoms with van der Waals surface area (Å²) in [5.41, 5.74) is 0.263. The van der Waals surface area contributed by atoms with Crippen molar-refractivity contribution in [3.8, 4) is 6.07 Å². The Balaban J connectivity index is 1.79. The molecule has 3 rings (SSSR count). The van der Waals surface area contributed by atoms with Crippen LogP contribution in [0.5, 0.6) is 0 Å². The molecule has 0 bridgehead atoms. The summed E-state index contributed by atoms with van der Waals surface area (Å²) in [4.78, 5) is 25.3. The molecule has 1 fully saturated rings. The first-order valence-electron chi connectivity index (χ1n) is 9.82. The summed E-state index contributed by atoms with van der Waals surface area (Å²) in [7, 11) is 1.68. The van der Waals surface area contributed by atoms with E-state index in [0.29, 0.717) is 25.2 Å². The van der Waals surface area contributed by atoms with Crippen LogP contribution in [0.25, 0.3) is 0 Å². The molecule has 0 radical (unpaired) electrons. The largest absolute Gasteiger partial charge is 0.443 e. The van der Waals surface area contributed by atoms with E-state index in [1.54, 1.807) is 44.7 Å². The standard InChI is InChI=1S/C21H23ClFN5O3S/c1-21(2,3)31-20(30)28-9-5-8-27(32-28)16-12-26(4)18(17(16)22)19(29)25-14-6-7-15(23)13(10-14)11-24/h6-7,10,12H,5,8-9H2,1-4H3,(H,25,29). The van der Waals surface area contributed by atoms with E-state index in [2.05, 4.69) is 5.32 Å². The van der Waals surface area contributed by atoms with Crippen molar-refractivity contribution in [2.45, 2.75) is 32.8 Å². The fourth-order valence-electron chi connectivity index (χ4n) is 3.05. The van der Waals surface area contributed by atoms with Gasteiger partial charge in [0.05, 0.1) is 28.4 Å². The SMILES string of the molecule is Cn1cc(N2CCCN(C(=O)OC(C)(C)C)S2)c(Cl)c1C(=O)Nc1ccc(F)c(C#N)c1. The minimum absolute atomic E-state index is 0.173. The number of amides is 2. The Bertz CT molecular complexity index is 1090. The predicted molar refractivity (Wildman–Crippen MR) is 122 cm³/mol. The van der Waals surface area contributed by atoms with Crippen LogP contribution < -0.4 is 9.62 Å². The highest BCUT2D eigenvalue weighted by molar-refractivity contribution is 7.98. The van der Waals surface area contributed by atoms with E-state index in [-0.39, 0.29) is 22.0 Å². The van der Waals surface area contributed by atoms with Crippen LogP contribution in [0.3, 0.4) is 0 Å². The predicted octanol–water partition coefficient (Wildman–Crippen LogP) is 4.95. The molecule has 0 aliphatic carbocycles. The summed E-state index contributed by atoms with van der Waals surface area (Å²) in [6.45, 7) is 6.56. The van der Waals surface area contributed by atoms with E-state index in [0.717, 1.165) is 6.07 Å². The third-order valence-electron chi connectivity index (χ3n) is 4.45.